The molecule has 2 heteroatoms. The zero-order valence-electron chi connectivity index (χ0n) is 10.3. The average molecular weight is 220 g/mol. The van der Waals surface area contributed by atoms with Gasteiger partial charge in [-0.05, 0) is 31.9 Å². The Bertz CT molecular complexity index is 386. The maximum atomic E-state index is 10.7. The highest BCUT2D eigenvalue weighted by atomic mass is 16.5. The van der Waals surface area contributed by atoms with Gasteiger partial charge in [0.1, 0.15) is 0 Å². The van der Waals surface area contributed by atoms with Crippen molar-refractivity contribution in [1.29, 1.82) is 0 Å². The molecule has 2 nitrogen and oxygen atoms in total. The van der Waals surface area contributed by atoms with E-state index in [4.69, 9.17) is 4.74 Å². The van der Waals surface area contributed by atoms with E-state index in [9.17, 15) is 5.11 Å². The molecule has 16 heavy (non-hydrogen) atoms. The van der Waals surface area contributed by atoms with E-state index in [-0.39, 0.29) is 6.10 Å². The number of aryl methyl sites for hydroxylation is 2. The van der Waals surface area contributed by atoms with Gasteiger partial charge >= 0.3 is 0 Å². The summed E-state index contributed by atoms with van der Waals surface area (Å²) in [5.41, 5.74) is 2.78. The minimum Gasteiger partial charge on any atom is -0.385 e. The van der Waals surface area contributed by atoms with Gasteiger partial charge in [-0.3, -0.25) is 0 Å². The van der Waals surface area contributed by atoms with E-state index in [1.165, 1.54) is 11.1 Å². The summed E-state index contributed by atoms with van der Waals surface area (Å²) in [6.07, 6.45) is 1.53. The molecule has 0 aromatic heterocycles. The average Bonchev–Trinajstić information content (AvgIpc) is 2.16. The Kier molecular flexibility index (Phi) is 3.04. The first-order chi connectivity index (χ1) is 7.51. The quantitative estimate of drug-likeness (QED) is 0.788. The molecule has 1 aromatic rings. The van der Waals surface area contributed by atoms with Gasteiger partial charge in [0, 0.05) is 12.8 Å². The Hall–Kier alpha value is -0.860. The van der Waals surface area contributed by atoms with Crippen molar-refractivity contribution < 1.29 is 9.84 Å². The number of rotatable bonds is 1. The van der Waals surface area contributed by atoms with Crippen LogP contribution in [0.4, 0.5) is 0 Å². The predicted octanol–water partition coefficient (Wildman–Crippen LogP) is 2.69. The molecule has 0 bridgehead atoms. The summed E-state index contributed by atoms with van der Waals surface area (Å²) in [5, 5.41) is 10.7. The van der Waals surface area contributed by atoms with Crippen LogP contribution in [0.2, 0.25) is 0 Å². The van der Waals surface area contributed by atoms with E-state index in [2.05, 4.69) is 32.0 Å². The van der Waals surface area contributed by atoms with Crippen molar-refractivity contribution in [3.63, 3.8) is 0 Å². The molecule has 0 spiro atoms. The van der Waals surface area contributed by atoms with E-state index in [1.54, 1.807) is 0 Å². The molecule has 0 radical (unpaired) electrons. The molecule has 1 aromatic carbocycles. The Balaban J connectivity index is 2.34. The van der Waals surface area contributed by atoms with Crippen LogP contribution in [0.5, 0.6) is 0 Å². The van der Waals surface area contributed by atoms with E-state index < -0.39 is 5.60 Å². The number of hydrogen-bond acceptors (Lipinski definition) is 2. The van der Waals surface area contributed by atoms with Crippen LogP contribution in [0.1, 0.15) is 36.5 Å². The van der Waals surface area contributed by atoms with E-state index in [0.717, 1.165) is 5.56 Å². The topological polar surface area (TPSA) is 29.5 Å². The second kappa shape index (κ2) is 4.19. The van der Waals surface area contributed by atoms with Crippen molar-refractivity contribution in [2.45, 2.75) is 45.3 Å². The van der Waals surface area contributed by atoms with Crippen LogP contribution in [0.25, 0.3) is 0 Å². The Morgan fingerprint density at radius 2 is 2.12 bits per heavy atom. The molecule has 2 rings (SSSR count). The summed E-state index contributed by atoms with van der Waals surface area (Å²) in [7, 11) is 0. The first-order valence-electron chi connectivity index (χ1n) is 5.93. The van der Waals surface area contributed by atoms with Gasteiger partial charge < -0.3 is 9.84 Å². The van der Waals surface area contributed by atoms with Gasteiger partial charge in [0.05, 0.1) is 18.3 Å². The minimum absolute atomic E-state index is 0.138. The lowest BCUT2D eigenvalue weighted by molar-refractivity contribution is -0.102. The van der Waals surface area contributed by atoms with E-state index in [0.29, 0.717) is 19.4 Å². The van der Waals surface area contributed by atoms with E-state index >= 15 is 0 Å². The SMILES string of the molecule is Cc1ccc(C2(O)CCOC(C)C2)c(C)c1. The second-order valence-corrected chi connectivity index (χ2v) is 4.99. The number of hydrogen-bond donors (Lipinski definition) is 1. The molecule has 1 aliphatic heterocycles. The molecule has 88 valence electrons. The monoisotopic (exact) mass is 220 g/mol. The predicted molar refractivity (Wildman–Crippen MR) is 64.5 cm³/mol. The maximum Gasteiger partial charge on any atom is 0.0945 e. The molecule has 1 aliphatic rings. The summed E-state index contributed by atoms with van der Waals surface area (Å²) in [5.74, 6) is 0. The lowest BCUT2D eigenvalue weighted by Crippen LogP contribution is -2.37. The molecule has 2 atom stereocenters. The van der Waals surface area contributed by atoms with Gasteiger partial charge in [-0.1, -0.05) is 23.8 Å². The zero-order chi connectivity index (χ0) is 11.8. The number of ether oxygens (including phenoxy) is 1. The molecule has 1 fully saturated rings. The van der Waals surface area contributed by atoms with Crippen molar-refractivity contribution in [3.05, 3.63) is 34.9 Å². The highest BCUT2D eigenvalue weighted by Gasteiger charge is 2.35. The van der Waals surface area contributed by atoms with Crippen LogP contribution in [-0.2, 0) is 10.3 Å². The van der Waals surface area contributed by atoms with Gasteiger partial charge in [-0.15, -0.1) is 0 Å². The fraction of sp³-hybridized carbons (Fsp3) is 0.571. The summed E-state index contributed by atoms with van der Waals surface area (Å²) in [6.45, 7) is 6.81. The molecular formula is C14H20O2. The van der Waals surface area contributed by atoms with Crippen LogP contribution in [-0.4, -0.2) is 17.8 Å². The third-order valence-corrected chi connectivity index (χ3v) is 3.43. The molecule has 0 saturated carbocycles. The van der Waals surface area contributed by atoms with Crippen LogP contribution in [0.3, 0.4) is 0 Å². The minimum atomic E-state index is -0.699. The van der Waals surface area contributed by atoms with Crippen molar-refractivity contribution in [1.82, 2.24) is 0 Å². The molecule has 1 saturated heterocycles. The lowest BCUT2D eigenvalue weighted by atomic mass is 9.81. The summed E-state index contributed by atoms with van der Waals surface area (Å²) in [4.78, 5) is 0. The van der Waals surface area contributed by atoms with Crippen molar-refractivity contribution in [2.75, 3.05) is 6.61 Å². The van der Waals surface area contributed by atoms with Crippen LogP contribution >= 0.6 is 0 Å². The van der Waals surface area contributed by atoms with Crippen LogP contribution < -0.4 is 0 Å². The Labute approximate surface area is 97.3 Å². The first-order valence-corrected chi connectivity index (χ1v) is 5.93. The summed E-state index contributed by atoms with van der Waals surface area (Å²) in [6, 6.07) is 6.26. The van der Waals surface area contributed by atoms with Gasteiger partial charge in [-0.25, -0.2) is 0 Å². The maximum absolute atomic E-state index is 10.7. The molecule has 1 heterocycles. The summed E-state index contributed by atoms with van der Waals surface area (Å²) < 4.78 is 5.50. The number of aliphatic hydroxyl groups is 1. The molecule has 1 N–H and O–H groups in total. The van der Waals surface area contributed by atoms with Crippen LogP contribution in [0, 0.1) is 13.8 Å². The fourth-order valence-electron chi connectivity index (χ4n) is 2.65. The second-order valence-electron chi connectivity index (χ2n) is 4.99. The normalized spacial score (nSPS) is 30.4. The third kappa shape index (κ3) is 2.13. The first kappa shape index (κ1) is 11.6. The highest BCUT2D eigenvalue weighted by molar-refractivity contribution is 5.35. The van der Waals surface area contributed by atoms with Crippen molar-refractivity contribution >= 4 is 0 Å². The number of benzene rings is 1. The van der Waals surface area contributed by atoms with Gasteiger partial charge in [0.2, 0.25) is 0 Å². The molecule has 0 amide bonds. The van der Waals surface area contributed by atoms with Crippen LogP contribution in [0.15, 0.2) is 18.2 Å². The standard InChI is InChI=1S/C14H20O2/c1-10-4-5-13(11(2)8-10)14(15)6-7-16-12(3)9-14/h4-5,8,12,15H,6-7,9H2,1-3H3. The molecular weight excluding hydrogens is 200 g/mol. The van der Waals surface area contributed by atoms with Crippen molar-refractivity contribution in [2.24, 2.45) is 0 Å². The van der Waals surface area contributed by atoms with Gasteiger partial charge in [-0.2, -0.15) is 0 Å². The van der Waals surface area contributed by atoms with Crippen molar-refractivity contribution in [3.8, 4) is 0 Å². The third-order valence-electron chi connectivity index (χ3n) is 3.43. The highest BCUT2D eigenvalue weighted by Crippen LogP contribution is 2.36. The largest absolute Gasteiger partial charge is 0.385 e. The van der Waals surface area contributed by atoms with E-state index in [1.807, 2.05) is 6.92 Å². The zero-order valence-corrected chi connectivity index (χ0v) is 10.3. The fourth-order valence-corrected chi connectivity index (χ4v) is 2.65. The smallest absolute Gasteiger partial charge is 0.0945 e. The Morgan fingerprint density at radius 3 is 2.75 bits per heavy atom. The Morgan fingerprint density at radius 1 is 1.38 bits per heavy atom. The lowest BCUT2D eigenvalue weighted by Gasteiger charge is -2.37. The molecule has 2 unspecified atom stereocenters. The summed E-state index contributed by atoms with van der Waals surface area (Å²) >= 11 is 0. The van der Waals surface area contributed by atoms with Gasteiger partial charge in [0.25, 0.3) is 0 Å². The van der Waals surface area contributed by atoms with Gasteiger partial charge in [0.15, 0.2) is 0 Å². The molecule has 0 aliphatic carbocycles.